The minimum Gasteiger partial charge on any atom is -0.481 e. The van der Waals surface area contributed by atoms with E-state index >= 15 is 0 Å². The first-order valence-corrected chi connectivity index (χ1v) is 7.28. The molecule has 2 heterocycles. The fraction of sp³-hybridized carbons (Fsp3) is 0.312. The summed E-state index contributed by atoms with van der Waals surface area (Å²) >= 11 is 0. The molecule has 1 amide bonds. The van der Waals surface area contributed by atoms with Crippen LogP contribution in [-0.4, -0.2) is 44.8 Å². The average molecular weight is 299 g/mol. The first-order chi connectivity index (χ1) is 10.6. The Morgan fingerprint density at radius 1 is 1.09 bits per heavy atom. The maximum Gasteiger partial charge on any atom is 0.306 e. The van der Waals surface area contributed by atoms with Crippen molar-refractivity contribution in [3.63, 3.8) is 0 Å². The zero-order valence-corrected chi connectivity index (χ0v) is 12.1. The quantitative estimate of drug-likeness (QED) is 0.938. The van der Waals surface area contributed by atoms with Gasteiger partial charge in [-0.25, -0.2) is 4.68 Å². The second-order valence-corrected chi connectivity index (χ2v) is 5.39. The van der Waals surface area contributed by atoms with E-state index in [4.69, 9.17) is 5.11 Å². The SMILES string of the molecule is O=C(O)C1CCN(C(=O)c2ccn(-c3ccccc3)n2)CC1. The summed E-state index contributed by atoms with van der Waals surface area (Å²) in [6.07, 6.45) is 2.76. The predicted octanol–water partition coefficient (Wildman–Crippen LogP) is 1.81. The predicted molar refractivity (Wildman–Crippen MR) is 79.8 cm³/mol. The third kappa shape index (κ3) is 2.86. The van der Waals surface area contributed by atoms with Crippen molar-refractivity contribution >= 4 is 11.9 Å². The van der Waals surface area contributed by atoms with Gasteiger partial charge < -0.3 is 10.0 Å². The average Bonchev–Trinajstić information content (AvgIpc) is 3.05. The number of likely N-dealkylation sites (tertiary alicyclic amines) is 1. The smallest absolute Gasteiger partial charge is 0.306 e. The van der Waals surface area contributed by atoms with Crippen LogP contribution >= 0.6 is 0 Å². The van der Waals surface area contributed by atoms with Crippen molar-refractivity contribution < 1.29 is 14.7 Å². The van der Waals surface area contributed by atoms with Gasteiger partial charge in [0.25, 0.3) is 5.91 Å². The molecule has 2 aromatic rings. The number of rotatable bonds is 3. The monoisotopic (exact) mass is 299 g/mol. The van der Waals surface area contributed by atoms with Gasteiger partial charge in [0.1, 0.15) is 0 Å². The number of carboxylic acid groups (broad SMARTS) is 1. The molecule has 1 fully saturated rings. The molecule has 6 nitrogen and oxygen atoms in total. The van der Waals surface area contributed by atoms with E-state index in [1.165, 1.54) is 0 Å². The van der Waals surface area contributed by atoms with Crippen LogP contribution in [0.3, 0.4) is 0 Å². The van der Waals surface area contributed by atoms with Gasteiger partial charge >= 0.3 is 5.97 Å². The topological polar surface area (TPSA) is 75.4 Å². The van der Waals surface area contributed by atoms with E-state index < -0.39 is 5.97 Å². The lowest BCUT2D eigenvalue weighted by atomic mass is 9.97. The highest BCUT2D eigenvalue weighted by molar-refractivity contribution is 5.92. The molecular weight excluding hydrogens is 282 g/mol. The third-order valence-corrected chi connectivity index (χ3v) is 3.96. The van der Waals surface area contributed by atoms with Gasteiger partial charge in [0, 0.05) is 19.3 Å². The van der Waals surface area contributed by atoms with Crippen molar-refractivity contribution in [2.75, 3.05) is 13.1 Å². The standard InChI is InChI=1S/C16H17N3O3/c20-15(18-9-6-12(7-10-18)16(21)22)14-8-11-19(17-14)13-4-2-1-3-5-13/h1-5,8,11-12H,6-7,9-10H2,(H,21,22). The van der Waals surface area contributed by atoms with E-state index in [0.29, 0.717) is 31.6 Å². The van der Waals surface area contributed by atoms with Gasteiger partial charge in [-0.05, 0) is 31.0 Å². The zero-order chi connectivity index (χ0) is 15.5. The Morgan fingerprint density at radius 2 is 1.77 bits per heavy atom. The summed E-state index contributed by atoms with van der Waals surface area (Å²) in [6.45, 7) is 0.933. The molecule has 1 saturated heterocycles. The Hall–Kier alpha value is -2.63. The van der Waals surface area contributed by atoms with Crippen LogP contribution in [0.15, 0.2) is 42.6 Å². The van der Waals surface area contributed by atoms with Crippen molar-refractivity contribution in [1.29, 1.82) is 0 Å². The van der Waals surface area contributed by atoms with Gasteiger partial charge in [0.05, 0.1) is 11.6 Å². The number of aromatic nitrogens is 2. The zero-order valence-electron chi connectivity index (χ0n) is 12.1. The Labute approximate surface area is 128 Å². The highest BCUT2D eigenvalue weighted by Gasteiger charge is 2.28. The summed E-state index contributed by atoms with van der Waals surface area (Å²) in [5, 5.41) is 13.3. The van der Waals surface area contributed by atoms with Crippen LogP contribution in [0.2, 0.25) is 0 Å². The molecule has 6 heteroatoms. The van der Waals surface area contributed by atoms with E-state index in [9.17, 15) is 9.59 Å². The minimum atomic E-state index is -0.777. The molecule has 0 spiro atoms. The van der Waals surface area contributed by atoms with Gasteiger partial charge in [-0.3, -0.25) is 9.59 Å². The molecule has 114 valence electrons. The van der Waals surface area contributed by atoms with Crippen LogP contribution in [0.5, 0.6) is 0 Å². The molecule has 1 N–H and O–H groups in total. The van der Waals surface area contributed by atoms with Gasteiger partial charge in [-0.15, -0.1) is 0 Å². The number of nitrogens with zero attached hydrogens (tertiary/aromatic N) is 3. The van der Waals surface area contributed by atoms with E-state index in [1.807, 2.05) is 30.3 Å². The second-order valence-electron chi connectivity index (χ2n) is 5.39. The van der Waals surface area contributed by atoms with Crippen molar-refractivity contribution in [2.45, 2.75) is 12.8 Å². The number of hydrogen-bond acceptors (Lipinski definition) is 3. The van der Waals surface area contributed by atoms with Gasteiger partial charge in [-0.1, -0.05) is 18.2 Å². The number of para-hydroxylation sites is 1. The second kappa shape index (κ2) is 6.01. The summed E-state index contributed by atoms with van der Waals surface area (Å²) in [5.41, 5.74) is 1.28. The molecule has 1 aromatic heterocycles. The molecule has 1 aromatic carbocycles. The Balaban J connectivity index is 1.69. The highest BCUT2D eigenvalue weighted by Crippen LogP contribution is 2.19. The molecule has 0 saturated carbocycles. The van der Waals surface area contributed by atoms with Gasteiger partial charge in [0.2, 0.25) is 0 Å². The number of carbonyl (C=O) groups is 2. The number of carbonyl (C=O) groups excluding carboxylic acids is 1. The fourth-order valence-electron chi connectivity index (χ4n) is 2.65. The largest absolute Gasteiger partial charge is 0.481 e. The summed E-state index contributed by atoms with van der Waals surface area (Å²) in [5.74, 6) is -1.26. The van der Waals surface area contributed by atoms with Crippen molar-refractivity contribution in [3.05, 3.63) is 48.3 Å². The lowest BCUT2D eigenvalue weighted by molar-refractivity contribution is -0.143. The number of aliphatic carboxylic acids is 1. The van der Waals surface area contributed by atoms with Crippen molar-refractivity contribution in [3.8, 4) is 5.69 Å². The molecule has 0 radical (unpaired) electrons. The third-order valence-electron chi connectivity index (χ3n) is 3.96. The molecule has 3 rings (SSSR count). The fourth-order valence-corrected chi connectivity index (χ4v) is 2.65. The van der Waals surface area contributed by atoms with Gasteiger partial charge in [-0.2, -0.15) is 5.10 Å². The molecular formula is C16H17N3O3. The number of amides is 1. The summed E-state index contributed by atoms with van der Waals surface area (Å²) in [7, 11) is 0. The van der Waals surface area contributed by atoms with Gasteiger partial charge in [0.15, 0.2) is 5.69 Å². The van der Waals surface area contributed by atoms with Crippen LogP contribution in [0, 0.1) is 5.92 Å². The summed E-state index contributed by atoms with van der Waals surface area (Å²) in [6, 6.07) is 11.3. The Morgan fingerprint density at radius 3 is 2.41 bits per heavy atom. The normalized spacial score (nSPS) is 15.7. The van der Waals surface area contributed by atoms with Crippen LogP contribution in [-0.2, 0) is 4.79 Å². The minimum absolute atomic E-state index is 0.140. The molecule has 1 aliphatic rings. The maximum atomic E-state index is 12.4. The molecule has 0 aliphatic carbocycles. The van der Waals surface area contributed by atoms with Crippen LogP contribution in [0.1, 0.15) is 23.3 Å². The lowest BCUT2D eigenvalue weighted by Crippen LogP contribution is -2.40. The first kappa shape index (κ1) is 14.3. The number of piperidine rings is 1. The highest BCUT2D eigenvalue weighted by atomic mass is 16.4. The van der Waals surface area contributed by atoms with E-state index in [2.05, 4.69) is 5.10 Å². The number of carboxylic acids is 1. The summed E-state index contributed by atoms with van der Waals surface area (Å²) < 4.78 is 1.66. The Bertz CT molecular complexity index is 673. The van der Waals surface area contributed by atoms with E-state index in [0.717, 1.165) is 5.69 Å². The maximum absolute atomic E-state index is 12.4. The first-order valence-electron chi connectivity index (χ1n) is 7.28. The number of hydrogen-bond donors (Lipinski definition) is 1. The van der Waals surface area contributed by atoms with Crippen LogP contribution in [0.25, 0.3) is 5.69 Å². The van der Waals surface area contributed by atoms with Crippen molar-refractivity contribution in [2.24, 2.45) is 5.92 Å². The van der Waals surface area contributed by atoms with Crippen LogP contribution < -0.4 is 0 Å². The van der Waals surface area contributed by atoms with Crippen LogP contribution in [0.4, 0.5) is 0 Å². The van der Waals surface area contributed by atoms with E-state index in [-0.39, 0.29) is 11.8 Å². The summed E-state index contributed by atoms with van der Waals surface area (Å²) in [4.78, 5) is 25.0. The lowest BCUT2D eigenvalue weighted by Gasteiger charge is -2.29. The van der Waals surface area contributed by atoms with E-state index in [1.54, 1.807) is 21.8 Å². The number of benzene rings is 1. The molecule has 22 heavy (non-hydrogen) atoms. The van der Waals surface area contributed by atoms with Crippen molar-refractivity contribution in [1.82, 2.24) is 14.7 Å². The molecule has 0 bridgehead atoms. The molecule has 1 aliphatic heterocycles. The molecule has 0 unspecified atom stereocenters. The Kier molecular flexibility index (Phi) is 3.91. The molecule has 0 atom stereocenters.